The van der Waals surface area contributed by atoms with Crippen LogP contribution in [0.3, 0.4) is 0 Å². The second kappa shape index (κ2) is 6.64. The number of phenols is 1. The number of hydrogen-bond acceptors (Lipinski definition) is 1. The molecule has 22 heavy (non-hydrogen) atoms. The van der Waals surface area contributed by atoms with Gasteiger partial charge in [-0.2, -0.15) is 0 Å². The molecule has 2 N–H and O–H groups in total. The number of aromatic hydroxyl groups is 1. The van der Waals surface area contributed by atoms with E-state index in [2.05, 4.69) is 26.5 Å². The van der Waals surface area contributed by atoms with Gasteiger partial charge in [0.1, 0.15) is 5.75 Å². The first-order chi connectivity index (χ1) is 10.1. The van der Waals surface area contributed by atoms with Crippen molar-refractivity contribution in [3.8, 4) is 5.75 Å². The predicted octanol–water partition coefficient (Wildman–Crippen LogP) is -0.530. The average Bonchev–Trinajstić information content (AvgIpc) is 2.46. The molecule has 2 bridgehead atoms. The summed E-state index contributed by atoms with van der Waals surface area (Å²) in [5, 5.41) is 9.87. The third kappa shape index (κ3) is 2.79. The van der Waals surface area contributed by atoms with Gasteiger partial charge < -0.3 is 22.4 Å². The molecule has 2 aliphatic rings. The molecule has 1 aromatic rings. The Hall–Kier alpha value is -0.990. The number of halogens is 1. The number of piperidine rings is 1. The first-order valence-electron chi connectivity index (χ1n) is 8.34. The molecule has 1 aromatic carbocycles. The Kier molecular flexibility index (Phi) is 5.24. The number of allylic oxidation sites excluding steroid dienone is 1. The van der Waals surface area contributed by atoms with E-state index in [0.29, 0.717) is 11.7 Å². The summed E-state index contributed by atoms with van der Waals surface area (Å²) in [5.41, 5.74) is 3.09. The van der Waals surface area contributed by atoms with Gasteiger partial charge in [-0.05, 0) is 36.1 Å². The minimum atomic E-state index is 0. The summed E-state index contributed by atoms with van der Waals surface area (Å²) in [4.78, 5) is 1.78. The van der Waals surface area contributed by atoms with Crippen molar-refractivity contribution in [1.82, 2.24) is 0 Å². The maximum absolute atomic E-state index is 9.87. The van der Waals surface area contributed by atoms with E-state index in [1.807, 2.05) is 18.2 Å². The minimum absolute atomic E-state index is 0. The Balaban J connectivity index is 0.00000176. The van der Waals surface area contributed by atoms with Gasteiger partial charge in [-0.1, -0.05) is 26.0 Å². The average molecular weight is 322 g/mol. The van der Waals surface area contributed by atoms with Crippen molar-refractivity contribution in [2.75, 3.05) is 13.1 Å². The van der Waals surface area contributed by atoms with Crippen molar-refractivity contribution in [2.45, 2.75) is 51.0 Å². The second-order valence-electron chi connectivity index (χ2n) is 7.20. The van der Waals surface area contributed by atoms with E-state index in [1.54, 1.807) is 4.90 Å². The Morgan fingerprint density at radius 3 is 2.95 bits per heavy atom. The smallest absolute Gasteiger partial charge is 0.115 e. The molecule has 4 atom stereocenters. The highest BCUT2D eigenvalue weighted by Crippen LogP contribution is 2.45. The van der Waals surface area contributed by atoms with Crippen molar-refractivity contribution < 1.29 is 22.4 Å². The van der Waals surface area contributed by atoms with Crippen molar-refractivity contribution in [1.29, 1.82) is 0 Å². The molecular weight excluding hydrogens is 294 g/mol. The second-order valence-corrected chi connectivity index (χ2v) is 7.20. The van der Waals surface area contributed by atoms with E-state index < -0.39 is 0 Å². The predicted molar refractivity (Wildman–Crippen MR) is 86.9 cm³/mol. The van der Waals surface area contributed by atoms with Crippen molar-refractivity contribution >= 4 is 0 Å². The fourth-order valence-corrected chi connectivity index (χ4v) is 4.63. The molecule has 1 saturated heterocycles. The molecule has 1 unspecified atom stereocenters. The van der Waals surface area contributed by atoms with Crippen molar-refractivity contribution in [3.05, 3.63) is 42.0 Å². The SMILES string of the molecule is C=CCCC[NH+]1CC[C@@]2(C)c3cc(O)ccc3C[C@@H]1[C@@H]2C.[Cl-]. The summed E-state index contributed by atoms with van der Waals surface area (Å²) in [7, 11) is 0. The monoisotopic (exact) mass is 321 g/mol. The highest BCUT2D eigenvalue weighted by molar-refractivity contribution is 5.43. The molecule has 0 amide bonds. The molecule has 0 spiro atoms. The minimum Gasteiger partial charge on any atom is -1.00 e. The maximum atomic E-state index is 9.87. The van der Waals surface area contributed by atoms with Gasteiger partial charge in [0, 0.05) is 24.2 Å². The summed E-state index contributed by atoms with van der Waals surface area (Å²) in [6.07, 6.45) is 6.81. The topological polar surface area (TPSA) is 24.7 Å². The molecule has 1 aliphatic heterocycles. The summed E-state index contributed by atoms with van der Waals surface area (Å²) in [5.74, 6) is 1.10. The fraction of sp³-hybridized carbons (Fsp3) is 0.579. The molecule has 0 saturated carbocycles. The zero-order valence-corrected chi connectivity index (χ0v) is 14.5. The number of hydrogen-bond donors (Lipinski definition) is 2. The van der Waals surface area contributed by atoms with Crippen molar-refractivity contribution in [2.24, 2.45) is 5.92 Å². The quantitative estimate of drug-likeness (QED) is 0.565. The van der Waals surface area contributed by atoms with E-state index in [0.717, 1.165) is 18.9 Å². The Morgan fingerprint density at radius 2 is 2.23 bits per heavy atom. The van der Waals surface area contributed by atoms with Crippen LogP contribution in [0.2, 0.25) is 0 Å². The van der Waals surface area contributed by atoms with Crippen LogP contribution in [0, 0.1) is 5.92 Å². The third-order valence-electron chi connectivity index (χ3n) is 6.15. The van der Waals surface area contributed by atoms with Crippen LogP contribution in [0.5, 0.6) is 5.75 Å². The van der Waals surface area contributed by atoms with Crippen LogP contribution in [0.15, 0.2) is 30.9 Å². The van der Waals surface area contributed by atoms with Crippen LogP contribution in [0.4, 0.5) is 0 Å². The molecular formula is C19H28ClNO. The van der Waals surface area contributed by atoms with Crippen LogP contribution < -0.4 is 17.3 Å². The van der Waals surface area contributed by atoms with Gasteiger partial charge in [0.2, 0.25) is 0 Å². The Labute approximate surface area is 140 Å². The number of phenolic OH excluding ortho intramolecular Hbond substituents is 1. The van der Waals surface area contributed by atoms with Gasteiger partial charge in [-0.15, -0.1) is 6.58 Å². The lowest BCUT2D eigenvalue weighted by atomic mass is 9.59. The van der Waals surface area contributed by atoms with Gasteiger partial charge in [-0.25, -0.2) is 0 Å². The summed E-state index contributed by atoms with van der Waals surface area (Å²) in [6.45, 7) is 11.2. The number of rotatable bonds is 4. The normalized spacial score (nSPS) is 32.7. The lowest BCUT2D eigenvalue weighted by Crippen LogP contribution is -3.18. The lowest BCUT2D eigenvalue weighted by Gasteiger charge is -2.52. The Morgan fingerprint density at radius 1 is 1.45 bits per heavy atom. The van der Waals surface area contributed by atoms with Crippen LogP contribution >= 0.6 is 0 Å². The summed E-state index contributed by atoms with van der Waals surface area (Å²) in [6, 6.07) is 6.75. The molecule has 1 fully saturated rings. The Bertz CT molecular complexity index is 544. The number of quaternary nitrogens is 1. The van der Waals surface area contributed by atoms with E-state index in [-0.39, 0.29) is 17.8 Å². The summed E-state index contributed by atoms with van der Waals surface area (Å²) < 4.78 is 0. The van der Waals surface area contributed by atoms with Gasteiger partial charge in [0.15, 0.2) is 0 Å². The van der Waals surface area contributed by atoms with Crippen LogP contribution in [-0.2, 0) is 11.8 Å². The van der Waals surface area contributed by atoms with E-state index >= 15 is 0 Å². The van der Waals surface area contributed by atoms with Crippen LogP contribution in [-0.4, -0.2) is 24.2 Å². The van der Waals surface area contributed by atoms with Crippen molar-refractivity contribution in [3.63, 3.8) is 0 Å². The molecule has 1 aliphatic carbocycles. The number of unbranched alkanes of at least 4 members (excludes halogenated alkanes) is 1. The molecule has 122 valence electrons. The maximum Gasteiger partial charge on any atom is 0.115 e. The third-order valence-corrected chi connectivity index (χ3v) is 6.15. The molecule has 0 radical (unpaired) electrons. The van der Waals surface area contributed by atoms with E-state index in [9.17, 15) is 5.11 Å². The summed E-state index contributed by atoms with van der Waals surface area (Å²) >= 11 is 0. The van der Waals surface area contributed by atoms with E-state index in [4.69, 9.17) is 0 Å². The number of nitrogens with one attached hydrogen (secondary N) is 1. The molecule has 1 heterocycles. The lowest BCUT2D eigenvalue weighted by molar-refractivity contribution is -0.937. The number of likely N-dealkylation sites (tertiary alicyclic amines) is 1. The van der Waals surface area contributed by atoms with Gasteiger partial charge in [0.05, 0.1) is 19.1 Å². The van der Waals surface area contributed by atoms with Crippen LogP contribution in [0.1, 0.15) is 44.2 Å². The highest BCUT2D eigenvalue weighted by Gasteiger charge is 2.50. The highest BCUT2D eigenvalue weighted by atomic mass is 35.5. The van der Waals surface area contributed by atoms with E-state index in [1.165, 1.54) is 37.1 Å². The number of benzene rings is 1. The zero-order valence-electron chi connectivity index (χ0n) is 13.7. The van der Waals surface area contributed by atoms with Crippen LogP contribution in [0.25, 0.3) is 0 Å². The van der Waals surface area contributed by atoms with Gasteiger partial charge >= 0.3 is 0 Å². The fourth-order valence-electron chi connectivity index (χ4n) is 4.63. The molecule has 3 rings (SSSR count). The number of fused-ring (bicyclic) bond motifs is 4. The zero-order chi connectivity index (χ0) is 15.0. The van der Waals surface area contributed by atoms with Gasteiger partial charge in [0.25, 0.3) is 0 Å². The van der Waals surface area contributed by atoms with Gasteiger partial charge in [-0.3, -0.25) is 0 Å². The largest absolute Gasteiger partial charge is 1.00 e. The molecule has 2 nitrogen and oxygen atoms in total. The molecule has 3 heteroatoms. The standard InChI is InChI=1S/C19H27NO.ClH/c1-4-5-6-10-20-11-9-19(3)14(2)18(20)12-15-7-8-16(21)13-17(15)19;/h4,7-8,13-14,18,21H,1,5-6,9-12H2,2-3H3;1H/t14-,18+,19+;/m0./s1. The first-order valence-corrected chi connectivity index (χ1v) is 8.34. The first kappa shape index (κ1) is 17.4. The molecule has 0 aromatic heterocycles.